The van der Waals surface area contributed by atoms with Crippen molar-refractivity contribution < 1.29 is 14.0 Å². The van der Waals surface area contributed by atoms with E-state index in [0.717, 1.165) is 51.7 Å². The molecule has 3 fully saturated rings. The number of amides is 2. The van der Waals surface area contributed by atoms with Gasteiger partial charge in [-0.3, -0.25) is 14.5 Å². The van der Waals surface area contributed by atoms with Gasteiger partial charge in [0.15, 0.2) is 0 Å². The van der Waals surface area contributed by atoms with Crippen LogP contribution in [0.2, 0.25) is 0 Å². The van der Waals surface area contributed by atoms with Gasteiger partial charge in [0.1, 0.15) is 0 Å². The molecule has 1 aliphatic carbocycles. The second-order valence-electron chi connectivity index (χ2n) is 10.1. The quantitative estimate of drug-likeness (QED) is 0.765. The summed E-state index contributed by atoms with van der Waals surface area (Å²) in [6, 6.07) is 0.316. The average molecular weight is 418 g/mol. The third-order valence-electron chi connectivity index (χ3n) is 6.76. The lowest BCUT2D eigenvalue weighted by Gasteiger charge is -2.40. The normalized spacial score (nSPS) is 24.2. The van der Waals surface area contributed by atoms with Crippen LogP contribution in [0.3, 0.4) is 0 Å². The minimum absolute atomic E-state index is 0.0332. The number of carbonyl (C=O) groups excluding carboxylic acids is 2. The fourth-order valence-electron chi connectivity index (χ4n) is 4.78. The number of nitrogens with one attached hydrogen (secondary N) is 1. The van der Waals surface area contributed by atoms with E-state index in [0.29, 0.717) is 24.4 Å². The van der Waals surface area contributed by atoms with E-state index in [1.165, 1.54) is 0 Å². The summed E-state index contributed by atoms with van der Waals surface area (Å²) in [7, 11) is 0. The smallest absolute Gasteiger partial charge is 0.234 e. The Labute approximate surface area is 178 Å². The van der Waals surface area contributed by atoms with E-state index < -0.39 is 0 Å². The molecule has 1 saturated carbocycles. The van der Waals surface area contributed by atoms with Gasteiger partial charge in [0, 0.05) is 37.5 Å². The topological polar surface area (TPSA) is 91.6 Å². The van der Waals surface area contributed by atoms with E-state index in [-0.39, 0.29) is 35.1 Å². The summed E-state index contributed by atoms with van der Waals surface area (Å²) < 4.78 is 6.00. The van der Waals surface area contributed by atoms with Crippen molar-refractivity contribution in [1.29, 1.82) is 0 Å². The second-order valence-corrected chi connectivity index (χ2v) is 10.1. The molecular formula is C22H35N5O3. The molecule has 4 rings (SSSR count). The monoisotopic (exact) mass is 417 g/mol. The first-order valence-electron chi connectivity index (χ1n) is 11.4. The van der Waals surface area contributed by atoms with Gasteiger partial charge in [0.25, 0.3) is 0 Å². The SMILES string of the molecule is CC(C)C(=O)N1CCC2(CC1)CC(c1nnc(C(C)C)o1)N(CC(=O)NC1CC1)C2. The van der Waals surface area contributed by atoms with E-state index >= 15 is 0 Å². The Kier molecular flexibility index (Phi) is 5.88. The molecule has 0 aromatic carbocycles. The fourth-order valence-corrected chi connectivity index (χ4v) is 4.78. The van der Waals surface area contributed by atoms with Gasteiger partial charge < -0.3 is 14.6 Å². The average Bonchev–Trinajstić information content (AvgIpc) is 3.24. The Morgan fingerprint density at radius 3 is 2.43 bits per heavy atom. The van der Waals surface area contributed by atoms with Crippen molar-refractivity contribution in [2.45, 2.75) is 77.8 Å². The fraction of sp³-hybridized carbons (Fsp3) is 0.818. The number of hydrogen-bond acceptors (Lipinski definition) is 6. The van der Waals surface area contributed by atoms with Crippen LogP contribution in [0.25, 0.3) is 0 Å². The Morgan fingerprint density at radius 2 is 1.87 bits per heavy atom. The van der Waals surface area contributed by atoms with Crippen molar-refractivity contribution in [1.82, 2.24) is 25.3 Å². The first-order valence-corrected chi connectivity index (χ1v) is 11.4. The molecule has 3 aliphatic rings. The van der Waals surface area contributed by atoms with Crippen LogP contribution in [0.15, 0.2) is 4.42 Å². The zero-order chi connectivity index (χ0) is 21.5. The lowest BCUT2D eigenvalue weighted by molar-refractivity contribution is -0.136. The maximum atomic E-state index is 12.6. The first kappa shape index (κ1) is 21.3. The van der Waals surface area contributed by atoms with Crippen molar-refractivity contribution >= 4 is 11.8 Å². The van der Waals surface area contributed by atoms with Gasteiger partial charge in [-0.1, -0.05) is 27.7 Å². The molecule has 0 bridgehead atoms. The van der Waals surface area contributed by atoms with E-state index in [9.17, 15) is 9.59 Å². The predicted molar refractivity (Wildman–Crippen MR) is 112 cm³/mol. The Hall–Kier alpha value is -1.96. The Bertz CT molecular complexity index is 777. The molecule has 8 nitrogen and oxygen atoms in total. The van der Waals surface area contributed by atoms with Gasteiger partial charge in [-0.05, 0) is 37.5 Å². The van der Waals surface area contributed by atoms with Crippen molar-refractivity contribution in [2.24, 2.45) is 11.3 Å². The van der Waals surface area contributed by atoms with Crippen molar-refractivity contribution in [3.63, 3.8) is 0 Å². The van der Waals surface area contributed by atoms with Crippen LogP contribution in [0.1, 0.15) is 83.5 Å². The summed E-state index contributed by atoms with van der Waals surface area (Å²) >= 11 is 0. The standard InChI is InChI=1S/C22H35N5O3/c1-14(2)19-24-25-20(30-19)17-11-22(7-9-26(10-8-22)21(29)15(3)4)13-27(17)12-18(28)23-16-5-6-16/h14-17H,5-13H2,1-4H3,(H,23,28). The molecule has 1 atom stereocenters. The van der Waals surface area contributed by atoms with E-state index in [1.807, 2.05) is 32.6 Å². The molecule has 2 amide bonds. The number of carbonyl (C=O) groups is 2. The number of piperidine rings is 1. The van der Waals surface area contributed by atoms with Crippen LogP contribution in [0.5, 0.6) is 0 Å². The summed E-state index contributed by atoms with van der Waals surface area (Å²) in [4.78, 5) is 29.2. The maximum Gasteiger partial charge on any atom is 0.234 e. The highest BCUT2D eigenvalue weighted by Gasteiger charge is 2.48. The molecule has 1 aromatic heterocycles. The molecule has 3 heterocycles. The number of hydrogen-bond donors (Lipinski definition) is 1. The van der Waals surface area contributed by atoms with E-state index in [1.54, 1.807) is 0 Å². The largest absolute Gasteiger partial charge is 0.423 e. The zero-order valence-corrected chi connectivity index (χ0v) is 18.7. The highest BCUT2D eigenvalue weighted by molar-refractivity contribution is 5.79. The first-order chi connectivity index (χ1) is 14.3. The number of nitrogens with zero attached hydrogens (tertiary/aromatic N) is 4. The van der Waals surface area contributed by atoms with Gasteiger partial charge in [-0.25, -0.2) is 0 Å². The van der Waals surface area contributed by atoms with Gasteiger partial charge in [-0.15, -0.1) is 10.2 Å². The van der Waals surface area contributed by atoms with Crippen LogP contribution in [-0.4, -0.2) is 64.0 Å². The number of aromatic nitrogens is 2. The minimum atomic E-state index is -0.0395. The summed E-state index contributed by atoms with van der Waals surface area (Å²) in [5.41, 5.74) is 0.0880. The molecule has 1 unspecified atom stereocenters. The summed E-state index contributed by atoms with van der Waals surface area (Å²) in [6.07, 6.45) is 4.97. The van der Waals surface area contributed by atoms with Crippen LogP contribution in [0.4, 0.5) is 0 Å². The highest BCUT2D eigenvalue weighted by Crippen LogP contribution is 2.48. The van der Waals surface area contributed by atoms with Gasteiger partial charge >= 0.3 is 0 Å². The van der Waals surface area contributed by atoms with Crippen LogP contribution in [0, 0.1) is 11.3 Å². The van der Waals surface area contributed by atoms with Crippen molar-refractivity contribution in [3.8, 4) is 0 Å². The number of rotatable bonds is 6. The molecular weight excluding hydrogens is 382 g/mol. The van der Waals surface area contributed by atoms with Gasteiger partial charge in [0.05, 0.1) is 12.6 Å². The van der Waals surface area contributed by atoms with Crippen molar-refractivity contribution in [2.75, 3.05) is 26.2 Å². The van der Waals surface area contributed by atoms with Gasteiger partial charge in [0.2, 0.25) is 23.6 Å². The summed E-state index contributed by atoms with van der Waals surface area (Å²) in [5.74, 6) is 1.79. The molecule has 30 heavy (non-hydrogen) atoms. The highest BCUT2D eigenvalue weighted by atomic mass is 16.4. The minimum Gasteiger partial charge on any atom is -0.423 e. The summed E-state index contributed by atoms with van der Waals surface area (Å²) in [5, 5.41) is 11.7. The molecule has 2 saturated heterocycles. The lowest BCUT2D eigenvalue weighted by atomic mass is 9.76. The summed E-state index contributed by atoms with van der Waals surface area (Å²) in [6.45, 7) is 10.8. The zero-order valence-electron chi connectivity index (χ0n) is 18.7. The molecule has 1 aromatic rings. The second kappa shape index (κ2) is 8.29. The molecule has 1 spiro atoms. The van der Waals surface area contributed by atoms with E-state index in [2.05, 4.69) is 20.4 Å². The molecule has 1 N–H and O–H groups in total. The molecule has 8 heteroatoms. The Morgan fingerprint density at radius 1 is 1.17 bits per heavy atom. The van der Waals surface area contributed by atoms with Crippen LogP contribution < -0.4 is 5.32 Å². The third kappa shape index (κ3) is 4.53. The van der Waals surface area contributed by atoms with Crippen LogP contribution >= 0.6 is 0 Å². The maximum absolute atomic E-state index is 12.6. The molecule has 166 valence electrons. The number of likely N-dealkylation sites (tertiary alicyclic amines) is 2. The van der Waals surface area contributed by atoms with Crippen molar-refractivity contribution in [3.05, 3.63) is 11.8 Å². The van der Waals surface area contributed by atoms with Gasteiger partial charge in [-0.2, -0.15) is 0 Å². The third-order valence-corrected chi connectivity index (χ3v) is 6.76. The Balaban J connectivity index is 1.48. The molecule has 0 radical (unpaired) electrons. The predicted octanol–water partition coefficient (Wildman–Crippen LogP) is 2.48. The van der Waals surface area contributed by atoms with E-state index in [4.69, 9.17) is 4.42 Å². The lowest BCUT2D eigenvalue weighted by Crippen LogP contribution is -2.46. The molecule has 2 aliphatic heterocycles. The van der Waals surface area contributed by atoms with Crippen LogP contribution in [-0.2, 0) is 9.59 Å².